The van der Waals surface area contributed by atoms with Crippen molar-refractivity contribution in [1.82, 2.24) is 19.6 Å². The average molecular weight is 957 g/mol. The van der Waals surface area contributed by atoms with E-state index >= 15 is 0 Å². The summed E-state index contributed by atoms with van der Waals surface area (Å²) in [7, 11) is -8.04. The number of carboxylic acid groups (broad SMARTS) is 2. The predicted octanol–water partition coefficient (Wildman–Crippen LogP) is 1.10. The molecule has 14 nitrogen and oxygen atoms in total. The molecule has 0 amide bonds. The number of para-hydroxylation sites is 2. The van der Waals surface area contributed by atoms with E-state index in [0.29, 0.717) is 45.0 Å². The summed E-state index contributed by atoms with van der Waals surface area (Å²) in [5.41, 5.74) is 6.51. The third kappa shape index (κ3) is 16.1. The van der Waals surface area contributed by atoms with E-state index in [1.165, 1.54) is 36.4 Å². The molecule has 0 spiro atoms. The zero-order chi connectivity index (χ0) is 48.3. The van der Waals surface area contributed by atoms with Gasteiger partial charge in [0.05, 0.1) is 58.7 Å². The second-order valence-corrected chi connectivity index (χ2v) is 20.4. The first-order chi connectivity index (χ1) is 31.1. The van der Waals surface area contributed by atoms with Crippen LogP contribution in [-0.4, -0.2) is 76.0 Å². The minimum atomic E-state index is -4.02. The van der Waals surface area contributed by atoms with Gasteiger partial charge < -0.3 is 39.8 Å². The van der Waals surface area contributed by atoms with Crippen molar-refractivity contribution < 1.29 is 95.4 Å². The van der Waals surface area contributed by atoms with Gasteiger partial charge in [0.25, 0.3) is 0 Å². The largest absolute Gasteiger partial charge is 1.00 e. The Balaban J connectivity index is 0.000000350. The molecule has 6 rings (SSSR count). The van der Waals surface area contributed by atoms with Gasteiger partial charge in [-0.1, -0.05) is 64.1 Å². The van der Waals surface area contributed by atoms with E-state index in [-0.39, 0.29) is 49.6 Å². The molecule has 0 saturated carbocycles. The number of carbonyl (C=O) groups is 2. The molecule has 4 N–H and O–H groups in total. The Kier molecular flexibility index (Phi) is 21.6. The summed E-state index contributed by atoms with van der Waals surface area (Å²) in [6.45, 7) is 7.74. The molecule has 4 unspecified atom stereocenters. The maximum atomic E-state index is 13.6. The number of nitrogens with zero attached hydrogens (tertiary/aromatic N) is 4. The van der Waals surface area contributed by atoms with Crippen LogP contribution in [0, 0.1) is 11.6 Å². The van der Waals surface area contributed by atoms with Crippen LogP contribution in [0.3, 0.4) is 0 Å². The predicted molar refractivity (Wildman–Crippen MR) is 245 cm³/mol. The molecule has 0 fully saturated rings. The van der Waals surface area contributed by atoms with Crippen molar-refractivity contribution in [3.05, 3.63) is 155 Å². The van der Waals surface area contributed by atoms with Gasteiger partial charge in [0.15, 0.2) is 0 Å². The molecule has 0 bridgehead atoms. The number of aromatic nitrogens is 4. The Morgan fingerprint density at radius 2 is 0.897 bits per heavy atom. The minimum Gasteiger partial charge on any atom is -0.550 e. The first kappa shape index (κ1) is 57.4. The van der Waals surface area contributed by atoms with Crippen LogP contribution in [0.4, 0.5) is 8.78 Å². The number of aliphatic hydroxyl groups excluding tert-OH is 2. The Bertz CT molecular complexity index is 2580. The summed E-state index contributed by atoms with van der Waals surface area (Å²) in [4.78, 5) is 42.0. The number of aliphatic carboxylic acids is 2. The minimum absolute atomic E-state index is 0. The summed E-state index contributed by atoms with van der Waals surface area (Å²) in [6, 6.07) is 30.4. The summed E-state index contributed by atoms with van der Waals surface area (Å²) >= 11 is 0. The molecule has 0 aliphatic heterocycles. The van der Waals surface area contributed by atoms with Gasteiger partial charge in [0.2, 0.25) is 14.7 Å². The van der Waals surface area contributed by atoms with Crippen LogP contribution in [0.2, 0.25) is 0 Å². The van der Waals surface area contributed by atoms with Gasteiger partial charge in [0.1, 0.15) is 11.6 Å². The van der Waals surface area contributed by atoms with Crippen LogP contribution >= 0.6 is 14.7 Å². The fourth-order valence-electron chi connectivity index (χ4n) is 6.98. The summed E-state index contributed by atoms with van der Waals surface area (Å²) in [5.74, 6) is -1.73. The Morgan fingerprint density at radius 1 is 0.588 bits per heavy atom. The van der Waals surface area contributed by atoms with E-state index < -0.39 is 75.7 Å². The normalized spacial score (nSPS) is 14.1. The van der Waals surface area contributed by atoms with Crippen LogP contribution in [0.1, 0.15) is 74.9 Å². The van der Waals surface area contributed by atoms with E-state index in [2.05, 4.69) is 0 Å². The molecule has 0 saturated heterocycles. The van der Waals surface area contributed by atoms with Crippen LogP contribution < -0.4 is 47.9 Å². The quantitative estimate of drug-likeness (QED) is 0.0702. The van der Waals surface area contributed by atoms with E-state index in [1.54, 1.807) is 33.6 Å². The Hall–Kier alpha value is -4.93. The molecule has 0 aliphatic carbocycles. The van der Waals surface area contributed by atoms with Crippen molar-refractivity contribution in [2.24, 2.45) is 0 Å². The smallest absolute Gasteiger partial charge is 0.550 e. The van der Waals surface area contributed by atoms with E-state index in [1.807, 2.05) is 88.4 Å². The maximum absolute atomic E-state index is 13.6. The van der Waals surface area contributed by atoms with E-state index in [4.69, 9.17) is 10.2 Å². The molecule has 348 valence electrons. The number of carboxylic acids is 2. The summed E-state index contributed by atoms with van der Waals surface area (Å²) in [6.07, 6.45) is -2.79. The van der Waals surface area contributed by atoms with Crippen molar-refractivity contribution in [3.8, 4) is 33.9 Å². The zero-order valence-electron chi connectivity index (χ0n) is 38.5. The first-order valence-corrected chi connectivity index (χ1v) is 24.6. The van der Waals surface area contributed by atoms with E-state index in [9.17, 15) is 57.7 Å². The van der Waals surface area contributed by atoms with Gasteiger partial charge in [-0.3, -0.25) is 9.13 Å². The third-order valence-electron chi connectivity index (χ3n) is 9.93. The monoisotopic (exact) mass is 956 g/mol. The van der Waals surface area contributed by atoms with Gasteiger partial charge in [-0.15, -0.1) is 0 Å². The van der Waals surface area contributed by atoms with Crippen molar-refractivity contribution in [3.63, 3.8) is 0 Å². The molecule has 6 aromatic rings. The van der Waals surface area contributed by atoms with Crippen molar-refractivity contribution in [2.45, 2.75) is 64.6 Å². The molecule has 0 aliphatic rings. The van der Waals surface area contributed by atoms with Crippen LogP contribution in [-0.2, 0) is 18.7 Å². The molecule has 2 heterocycles. The first-order valence-electron chi connectivity index (χ1n) is 20.8. The standard InChI is InChI=1S/2C24H26FN2O5P.2Li/c2*1-16(2)23-21(12-13-33(31,32)15-20(28)14-22(29)30)24(17-8-10-18(25)11-9-17)27(26-23)19-6-4-3-5-7-19;;/h2*3-13,16,20,28H,14-15H2,1-2H3,(H,29,30)(H,31,32);;/q;;2*+1/p-2/b2*13-12+;;. The van der Waals surface area contributed by atoms with Crippen LogP contribution in [0.25, 0.3) is 46.0 Å². The molecular weight excluding hydrogens is 906 g/mol. The third-order valence-corrected chi connectivity index (χ3v) is 13.0. The molecule has 20 heteroatoms. The summed E-state index contributed by atoms with van der Waals surface area (Å²) in [5, 5.41) is 50.3. The second kappa shape index (κ2) is 25.6. The number of carbonyl (C=O) groups excluding carboxylic acids is 2. The van der Waals surface area contributed by atoms with Crippen molar-refractivity contribution >= 4 is 38.8 Å². The topological polar surface area (TPSA) is 231 Å². The van der Waals surface area contributed by atoms with Crippen molar-refractivity contribution in [2.75, 3.05) is 12.3 Å². The number of rotatable bonds is 18. The van der Waals surface area contributed by atoms with Crippen molar-refractivity contribution in [1.29, 1.82) is 0 Å². The number of aliphatic hydroxyl groups is 2. The van der Waals surface area contributed by atoms with Gasteiger partial charge >= 0.3 is 37.7 Å². The molecular formula is C48H50F2Li2N4O10P2. The molecule has 0 radical (unpaired) electrons. The molecule has 2 aromatic heterocycles. The fraction of sp³-hybridized carbons (Fsp3) is 0.250. The second-order valence-electron chi connectivity index (χ2n) is 16.1. The van der Waals surface area contributed by atoms with Gasteiger partial charge in [-0.05, 0) is 96.8 Å². The Labute approximate surface area is 417 Å². The summed E-state index contributed by atoms with van der Waals surface area (Å²) < 4.78 is 55.9. The fourth-order valence-corrected chi connectivity index (χ4v) is 9.45. The Morgan fingerprint density at radius 3 is 1.18 bits per heavy atom. The van der Waals surface area contributed by atoms with E-state index in [0.717, 1.165) is 23.0 Å². The molecule has 4 aromatic carbocycles. The van der Waals surface area contributed by atoms with Crippen LogP contribution in [0.15, 0.2) is 121 Å². The maximum Gasteiger partial charge on any atom is 1.00 e. The van der Waals surface area contributed by atoms with Gasteiger partial charge in [-0.2, -0.15) is 10.2 Å². The van der Waals surface area contributed by atoms with Gasteiger partial charge in [0, 0.05) is 58.7 Å². The zero-order valence-corrected chi connectivity index (χ0v) is 40.3. The number of hydrogen-bond donors (Lipinski definition) is 4. The number of benzene rings is 4. The van der Waals surface area contributed by atoms with Crippen LogP contribution in [0.5, 0.6) is 0 Å². The molecule has 68 heavy (non-hydrogen) atoms. The average Bonchev–Trinajstić information content (AvgIpc) is 3.83. The SMILES string of the molecule is CC(C)c1nn(-c2ccccc2)c(-c2ccc(F)cc2)c1/C=C/P(=O)(O)CC(O)CC(=O)[O-].CC(C)c1nn(-c2ccccc2)c(-c2ccc(F)cc2)c1/C=C/P(=O)(O)CC(O)CC(=O)[O-].[Li+].[Li+]. The molecule has 4 atom stereocenters. The number of hydrogen-bond acceptors (Lipinski definition) is 10. The van der Waals surface area contributed by atoms with Gasteiger partial charge in [-0.25, -0.2) is 18.1 Å². The number of halogens is 2.